The second kappa shape index (κ2) is 8.39. The average molecular weight is 324 g/mol. The molecule has 0 unspecified atom stereocenters. The zero-order valence-corrected chi connectivity index (χ0v) is 11.7. The largest absolute Gasteiger partial charge is 0.490 e. The molecule has 0 aliphatic heterocycles. The van der Waals surface area contributed by atoms with E-state index < -0.39 is 11.6 Å². The van der Waals surface area contributed by atoms with Gasteiger partial charge in [-0.3, -0.25) is 0 Å². The molecule has 0 aliphatic carbocycles. The Hall–Kier alpha value is -0.720. The third-order valence-corrected chi connectivity index (χ3v) is 2.66. The van der Waals surface area contributed by atoms with E-state index >= 15 is 0 Å². The summed E-state index contributed by atoms with van der Waals surface area (Å²) in [5.41, 5.74) is 0. The van der Waals surface area contributed by atoms with Gasteiger partial charge in [-0.15, -0.1) is 0 Å². The molecule has 102 valence electrons. The third-order valence-electron chi connectivity index (χ3n) is 2.20. The summed E-state index contributed by atoms with van der Waals surface area (Å²) in [6.07, 6.45) is 0.706. The monoisotopic (exact) mass is 323 g/mol. The van der Waals surface area contributed by atoms with Crippen molar-refractivity contribution in [2.75, 3.05) is 33.4 Å². The standard InChI is InChI=1S/C12H16BrF2NO2/c1-17-6-4-16-3-2-5-18-11-8-9(13)7-10(14)12(11)15/h7-8,16H,2-6H2,1H3. The molecular formula is C12H16BrF2NO2. The summed E-state index contributed by atoms with van der Waals surface area (Å²) < 4.78 is 36.9. The zero-order valence-electron chi connectivity index (χ0n) is 10.1. The predicted molar refractivity (Wildman–Crippen MR) is 68.9 cm³/mol. The summed E-state index contributed by atoms with van der Waals surface area (Å²) in [6, 6.07) is 2.48. The maximum Gasteiger partial charge on any atom is 0.200 e. The Bertz CT molecular complexity index is 377. The maximum atomic E-state index is 13.3. The fourth-order valence-electron chi connectivity index (χ4n) is 1.32. The first kappa shape index (κ1) is 15.3. The van der Waals surface area contributed by atoms with E-state index in [-0.39, 0.29) is 5.75 Å². The molecule has 0 heterocycles. The van der Waals surface area contributed by atoms with E-state index in [1.165, 1.54) is 6.07 Å². The van der Waals surface area contributed by atoms with Crippen molar-refractivity contribution in [1.82, 2.24) is 5.32 Å². The van der Waals surface area contributed by atoms with Gasteiger partial charge in [-0.05, 0) is 25.1 Å². The zero-order chi connectivity index (χ0) is 13.4. The van der Waals surface area contributed by atoms with Crippen molar-refractivity contribution in [2.24, 2.45) is 0 Å². The van der Waals surface area contributed by atoms with Gasteiger partial charge in [0.2, 0.25) is 5.82 Å². The molecule has 6 heteroatoms. The molecule has 0 aromatic heterocycles. The van der Waals surface area contributed by atoms with Crippen LogP contribution in [0.5, 0.6) is 5.75 Å². The molecular weight excluding hydrogens is 308 g/mol. The number of nitrogens with one attached hydrogen (secondary N) is 1. The molecule has 0 fully saturated rings. The van der Waals surface area contributed by atoms with E-state index in [2.05, 4.69) is 21.2 Å². The Morgan fingerprint density at radius 1 is 1.22 bits per heavy atom. The molecule has 0 radical (unpaired) electrons. The van der Waals surface area contributed by atoms with E-state index in [0.29, 0.717) is 24.1 Å². The molecule has 0 saturated heterocycles. The second-order valence-electron chi connectivity index (χ2n) is 3.64. The van der Waals surface area contributed by atoms with Crippen LogP contribution in [0.1, 0.15) is 6.42 Å². The molecule has 1 rings (SSSR count). The molecule has 1 aromatic rings. The van der Waals surface area contributed by atoms with E-state index in [9.17, 15) is 8.78 Å². The molecule has 3 nitrogen and oxygen atoms in total. The van der Waals surface area contributed by atoms with Crippen molar-refractivity contribution in [3.05, 3.63) is 28.2 Å². The summed E-state index contributed by atoms with van der Waals surface area (Å²) in [6.45, 7) is 2.47. The van der Waals surface area contributed by atoms with Gasteiger partial charge < -0.3 is 14.8 Å². The average Bonchev–Trinajstić information content (AvgIpc) is 2.33. The van der Waals surface area contributed by atoms with Gasteiger partial charge in [0.15, 0.2) is 11.6 Å². The summed E-state index contributed by atoms with van der Waals surface area (Å²) >= 11 is 3.09. The van der Waals surface area contributed by atoms with Gasteiger partial charge in [-0.2, -0.15) is 4.39 Å². The molecule has 0 amide bonds. The highest BCUT2D eigenvalue weighted by Crippen LogP contribution is 2.25. The van der Waals surface area contributed by atoms with Crippen molar-refractivity contribution < 1.29 is 18.3 Å². The van der Waals surface area contributed by atoms with Gasteiger partial charge >= 0.3 is 0 Å². The van der Waals surface area contributed by atoms with Gasteiger partial charge in [0.05, 0.1) is 13.2 Å². The molecule has 0 aliphatic rings. The molecule has 1 N–H and O–H groups in total. The lowest BCUT2D eigenvalue weighted by Crippen LogP contribution is -2.21. The molecule has 0 atom stereocenters. The number of hydrogen-bond donors (Lipinski definition) is 1. The van der Waals surface area contributed by atoms with Crippen LogP contribution >= 0.6 is 15.9 Å². The minimum atomic E-state index is -0.953. The first-order valence-corrected chi connectivity index (χ1v) is 6.41. The quantitative estimate of drug-likeness (QED) is 0.589. The number of benzene rings is 1. The highest BCUT2D eigenvalue weighted by Gasteiger charge is 2.10. The normalized spacial score (nSPS) is 10.7. The fourth-order valence-corrected chi connectivity index (χ4v) is 1.72. The number of halogens is 3. The van der Waals surface area contributed by atoms with Crippen LogP contribution in [-0.2, 0) is 4.74 Å². The Labute approximate surface area is 114 Å². The lowest BCUT2D eigenvalue weighted by Gasteiger charge is -2.08. The molecule has 0 spiro atoms. The Kier molecular flexibility index (Phi) is 7.15. The number of rotatable bonds is 8. The van der Waals surface area contributed by atoms with Crippen molar-refractivity contribution in [3.63, 3.8) is 0 Å². The van der Waals surface area contributed by atoms with Gasteiger partial charge in [-0.25, -0.2) is 4.39 Å². The van der Waals surface area contributed by atoms with Gasteiger partial charge in [0.25, 0.3) is 0 Å². The van der Waals surface area contributed by atoms with Crippen molar-refractivity contribution in [1.29, 1.82) is 0 Å². The van der Waals surface area contributed by atoms with Crippen LogP contribution in [0.25, 0.3) is 0 Å². The molecule has 0 bridgehead atoms. The van der Waals surface area contributed by atoms with Crippen molar-refractivity contribution >= 4 is 15.9 Å². The van der Waals surface area contributed by atoms with E-state index in [4.69, 9.17) is 9.47 Å². The SMILES string of the molecule is COCCNCCCOc1cc(Br)cc(F)c1F. The number of hydrogen-bond acceptors (Lipinski definition) is 3. The highest BCUT2D eigenvalue weighted by molar-refractivity contribution is 9.10. The van der Waals surface area contributed by atoms with Crippen molar-refractivity contribution in [3.8, 4) is 5.75 Å². The van der Waals surface area contributed by atoms with Crippen LogP contribution in [0.3, 0.4) is 0 Å². The van der Waals surface area contributed by atoms with Crippen LogP contribution in [-0.4, -0.2) is 33.4 Å². The number of ether oxygens (including phenoxy) is 2. The van der Waals surface area contributed by atoms with Crippen LogP contribution < -0.4 is 10.1 Å². The summed E-state index contributed by atoms with van der Waals surface area (Å²) in [7, 11) is 1.63. The van der Waals surface area contributed by atoms with E-state index in [0.717, 1.165) is 19.2 Å². The maximum absolute atomic E-state index is 13.3. The topological polar surface area (TPSA) is 30.5 Å². The van der Waals surface area contributed by atoms with Crippen molar-refractivity contribution in [2.45, 2.75) is 6.42 Å². The van der Waals surface area contributed by atoms with Gasteiger partial charge in [0.1, 0.15) is 0 Å². The first-order valence-electron chi connectivity index (χ1n) is 5.62. The summed E-state index contributed by atoms with van der Waals surface area (Å²) in [5.74, 6) is -1.94. The molecule has 18 heavy (non-hydrogen) atoms. The highest BCUT2D eigenvalue weighted by atomic mass is 79.9. The fraction of sp³-hybridized carbons (Fsp3) is 0.500. The lowest BCUT2D eigenvalue weighted by atomic mass is 10.3. The van der Waals surface area contributed by atoms with E-state index in [1.54, 1.807) is 7.11 Å². The van der Waals surface area contributed by atoms with Gasteiger partial charge in [-0.1, -0.05) is 15.9 Å². The summed E-state index contributed by atoms with van der Waals surface area (Å²) in [4.78, 5) is 0. The minimum Gasteiger partial charge on any atom is -0.490 e. The molecule has 0 saturated carbocycles. The smallest absolute Gasteiger partial charge is 0.200 e. The van der Waals surface area contributed by atoms with E-state index in [1.807, 2.05) is 0 Å². The summed E-state index contributed by atoms with van der Waals surface area (Å²) in [5, 5.41) is 3.13. The number of methoxy groups -OCH3 is 1. The Morgan fingerprint density at radius 3 is 2.72 bits per heavy atom. The minimum absolute atomic E-state index is 0.0706. The van der Waals surface area contributed by atoms with Crippen LogP contribution in [0, 0.1) is 11.6 Å². The first-order chi connectivity index (χ1) is 8.65. The van der Waals surface area contributed by atoms with Crippen LogP contribution in [0.4, 0.5) is 8.78 Å². The predicted octanol–water partition coefficient (Wildman–Crippen LogP) is 2.73. The van der Waals surface area contributed by atoms with Crippen LogP contribution in [0.2, 0.25) is 0 Å². The second-order valence-corrected chi connectivity index (χ2v) is 4.56. The van der Waals surface area contributed by atoms with Crippen LogP contribution in [0.15, 0.2) is 16.6 Å². The lowest BCUT2D eigenvalue weighted by molar-refractivity contribution is 0.198. The Balaban J connectivity index is 2.27. The molecule has 1 aromatic carbocycles. The van der Waals surface area contributed by atoms with Gasteiger partial charge in [0, 0.05) is 18.1 Å². The Morgan fingerprint density at radius 2 is 2.00 bits per heavy atom. The third kappa shape index (κ3) is 5.29.